The summed E-state index contributed by atoms with van der Waals surface area (Å²) in [5.41, 5.74) is 0.846. The van der Waals surface area contributed by atoms with Crippen LogP contribution >= 0.6 is 0 Å². The molecule has 1 aliphatic heterocycles. The fourth-order valence-electron chi connectivity index (χ4n) is 3.19. The highest BCUT2D eigenvalue weighted by atomic mass is 32.2. The minimum absolute atomic E-state index is 0.141. The van der Waals surface area contributed by atoms with Crippen LogP contribution in [0.15, 0.2) is 59.5 Å². The van der Waals surface area contributed by atoms with Gasteiger partial charge in [0, 0.05) is 0 Å². The van der Waals surface area contributed by atoms with Crippen molar-refractivity contribution in [2.45, 2.75) is 23.0 Å². The maximum atomic E-state index is 13.2. The highest BCUT2D eigenvalue weighted by Gasteiger charge is 2.36. The van der Waals surface area contributed by atoms with Gasteiger partial charge in [0.2, 0.25) is 0 Å². The Kier molecular flexibility index (Phi) is 4.60. The molecule has 22 heavy (non-hydrogen) atoms. The van der Waals surface area contributed by atoms with E-state index in [0.29, 0.717) is 4.90 Å². The van der Waals surface area contributed by atoms with E-state index in [-0.39, 0.29) is 5.92 Å². The smallest absolute Gasteiger partial charge is 0.185 e. The summed E-state index contributed by atoms with van der Waals surface area (Å²) in [7, 11) is -3.40. The maximum Gasteiger partial charge on any atom is 0.185 e. The Morgan fingerprint density at radius 1 is 1.05 bits per heavy atom. The van der Waals surface area contributed by atoms with Gasteiger partial charge >= 0.3 is 0 Å². The lowest BCUT2D eigenvalue weighted by molar-refractivity contribution is 0.357. The first-order chi connectivity index (χ1) is 10.7. The predicted octanol–water partition coefficient (Wildman–Crippen LogP) is 3.00. The van der Waals surface area contributed by atoms with Crippen LogP contribution in [0.1, 0.15) is 23.7 Å². The normalized spacial score (nSPS) is 18.0. The molecule has 1 heterocycles. The van der Waals surface area contributed by atoms with Crippen LogP contribution in [-0.4, -0.2) is 21.5 Å². The first-order valence-electron chi connectivity index (χ1n) is 7.65. The molecule has 0 spiro atoms. The molecule has 4 heteroatoms. The molecular formula is C18H20NO2S. The molecule has 0 bridgehead atoms. The van der Waals surface area contributed by atoms with Gasteiger partial charge in [0.25, 0.3) is 0 Å². The lowest BCUT2D eigenvalue weighted by Crippen LogP contribution is -2.33. The topological polar surface area (TPSA) is 46.2 Å². The summed E-state index contributed by atoms with van der Waals surface area (Å²) >= 11 is 0. The van der Waals surface area contributed by atoms with E-state index in [1.165, 1.54) is 0 Å². The van der Waals surface area contributed by atoms with E-state index in [1.54, 1.807) is 30.3 Å². The average molecular weight is 314 g/mol. The van der Waals surface area contributed by atoms with Crippen molar-refractivity contribution in [2.24, 2.45) is 5.92 Å². The van der Waals surface area contributed by atoms with Crippen LogP contribution in [-0.2, 0) is 9.84 Å². The van der Waals surface area contributed by atoms with Gasteiger partial charge in [-0.15, -0.1) is 0 Å². The molecule has 3 nitrogen and oxygen atoms in total. The number of piperidine rings is 1. The molecule has 0 amide bonds. The van der Waals surface area contributed by atoms with Gasteiger partial charge in [0.05, 0.1) is 10.1 Å². The van der Waals surface area contributed by atoms with E-state index in [2.05, 4.69) is 11.4 Å². The van der Waals surface area contributed by atoms with E-state index in [1.807, 2.05) is 24.3 Å². The van der Waals surface area contributed by atoms with E-state index in [0.717, 1.165) is 31.5 Å². The van der Waals surface area contributed by atoms with Crippen LogP contribution < -0.4 is 5.32 Å². The number of hydrogen-bond donors (Lipinski definition) is 1. The zero-order valence-corrected chi connectivity index (χ0v) is 13.2. The molecule has 1 N–H and O–H groups in total. The van der Waals surface area contributed by atoms with Crippen molar-refractivity contribution < 1.29 is 8.42 Å². The molecule has 1 fully saturated rings. The molecule has 2 aromatic carbocycles. The average Bonchev–Trinajstić information content (AvgIpc) is 2.58. The van der Waals surface area contributed by atoms with Gasteiger partial charge in [0.15, 0.2) is 9.84 Å². The number of benzene rings is 2. The largest absolute Gasteiger partial charge is 0.317 e. The quantitative estimate of drug-likeness (QED) is 0.943. The highest BCUT2D eigenvalue weighted by Crippen LogP contribution is 2.39. The maximum absolute atomic E-state index is 13.2. The van der Waals surface area contributed by atoms with Gasteiger partial charge in [-0.05, 0) is 61.7 Å². The number of hydrogen-bond acceptors (Lipinski definition) is 3. The first-order valence-corrected chi connectivity index (χ1v) is 9.20. The van der Waals surface area contributed by atoms with Crippen molar-refractivity contribution in [3.8, 4) is 0 Å². The molecule has 115 valence electrons. The highest BCUT2D eigenvalue weighted by molar-refractivity contribution is 7.91. The molecule has 0 aliphatic carbocycles. The fraction of sp³-hybridized carbons (Fsp3) is 0.333. The Labute approximate surface area is 132 Å². The summed E-state index contributed by atoms with van der Waals surface area (Å²) < 4.78 is 26.4. The van der Waals surface area contributed by atoms with Crippen molar-refractivity contribution in [3.63, 3.8) is 0 Å². The second-order valence-corrected chi connectivity index (χ2v) is 7.77. The summed E-state index contributed by atoms with van der Waals surface area (Å²) in [6.45, 7) is 1.75. The molecule has 1 aliphatic rings. The fourth-order valence-corrected chi connectivity index (χ4v) is 5.31. The Bertz CT molecular complexity index is 692. The van der Waals surface area contributed by atoms with Crippen LogP contribution in [0.3, 0.4) is 0 Å². The second kappa shape index (κ2) is 6.63. The van der Waals surface area contributed by atoms with Crippen molar-refractivity contribution in [1.29, 1.82) is 0 Å². The van der Waals surface area contributed by atoms with Crippen molar-refractivity contribution >= 4 is 9.84 Å². The molecule has 0 saturated carbocycles. The Morgan fingerprint density at radius 2 is 1.77 bits per heavy atom. The third-order valence-electron chi connectivity index (χ3n) is 4.28. The monoisotopic (exact) mass is 314 g/mol. The molecule has 0 aromatic heterocycles. The number of sulfone groups is 1. The van der Waals surface area contributed by atoms with Crippen molar-refractivity contribution in [2.75, 3.05) is 13.1 Å². The van der Waals surface area contributed by atoms with Crippen molar-refractivity contribution in [3.05, 3.63) is 66.2 Å². The minimum Gasteiger partial charge on any atom is -0.317 e. The van der Waals surface area contributed by atoms with Crippen molar-refractivity contribution in [1.82, 2.24) is 5.32 Å². The van der Waals surface area contributed by atoms with Gasteiger partial charge in [-0.25, -0.2) is 8.42 Å². The lowest BCUT2D eigenvalue weighted by Gasteiger charge is -2.30. The van der Waals surface area contributed by atoms with Crippen LogP contribution in [0.5, 0.6) is 0 Å². The summed E-state index contributed by atoms with van der Waals surface area (Å²) in [4.78, 5) is 0.405. The van der Waals surface area contributed by atoms with Gasteiger partial charge in [-0.2, -0.15) is 0 Å². The van der Waals surface area contributed by atoms with Crippen LogP contribution in [0.4, 0.5) is 0 Å². The number of rotatable bonds is 4. The minimum atomic E-state index is -3.40. The van der Waals surface area contributed by atoms with Gasteiger partial charge < -0.3 is 5.32 Å². The summed E-state index contributed by atoms with van der Waals surface area (Å²) in [5.74, 6) is 0.141. The first kappa shape index (κ1) is 15.3. The third kappa shape index (κ3) is 3.08. The summed E-state index contributed by atoms with van der Waals surface area (Å²) in [5, 5.41) is 2.82. The third-order valence-corrected chi connectivity index (χ3v) is 6.53. The zero-order chi connectivity index (χ0) is 15.4. The molecule has 2 aromatic rings. The summed E-state index contributed by atoms with van der Waals surface area (Å²) in [6.07, 6.45) is 1.76. The van der Waals surface area contributed by atoms with E-state index in [4.69, 9.17) is 0 Å². The molecule has 3 rings (SSSR count). The molecule has 1 radical (unpaired) electrons. The van der Waals surface area contributed by atoms with Gasteiger partial charge in [-0.3, -0.25) is 0 Å². The molecule has 1 atom stereocenters. The van der Waals surface area contributed by atoms with E-state index in [9.17, 15) is 8.42 Å². The van der Waals surface area contributed by atoms with E-state index < -0.39 is 15.1 Å². The number of nitrogens with one attached hydrogen (secondary N) is 1. The molecular weight excluding hydrogens is 294 g/mol. The molecule has 1 unspecified atom stereocenters. The summed E-state index contributed by atoms with van der Waals surface area (Å²) in [6, 6.07) is 19.2. The Hall–Kier alpha value is -1.65. The Morgan fingerprint density at radius 3 is 2.41 bits per heavy atom. The predicted molar refractivity (Wildman–Crippen MR) is 87.2 cm³/mol. The molecule has 1 saturated heterocycles. The van der Waals surface area contributed by atoms with E-state index >= 15 is 0 Å². The zero-order valence-electron chi connectivity index (χ0n) is 12.4. The Balaban J connectivity index is 2.05. The standard InChI is InChI=1S/C18H20NO2S/c20-22(21,17-9-5-2-6-10-17)18(15-7-3-1-4-8-15)16-11-13-19-14-12-16/h1-3,5-10,16,18-19H,11-14H2. The van der Waals surface area contributed by atoms with Gasteiger partial charge in [0.1, 0.15) is 0 Å². The second-order valence-electron chi connectivity index (χ2n) is 5.70. The SMILES string of the molecule is O=S(=O)(c1ccccc1)C(c1c[c]ccc1)C1CCNCC1. The van der Waals surface area contributed by atoms with Crippen LogP contribution in [0, 0.1) is 12.0 Å². The lowest BCUT2D eigenvalue weighted by atomic mass is 9.90. The van der Waals surface area contributed by atoms with Gasteiger partial charge in [-0.1, -0.05) is 36.4 Å². The van der Waals surface area contributed by atoms with Crippen LogP contribution in [0.25, 0.3) is 0 Å². The van der Waals surface area contributed by atoms with Crippen LogP contribution in [0.2, 0.25) is 0 Å².